The predicted octanol–water partition coefficient (Wildman–Crippen LogP) is 3.14. The zero-order valence-electron chi connectivity index (χ0n) is 14.4. The highest BCUT2D eigenvalue weighted by Gasteiger charge is 2.24. The van der Waals surface area contributed by atoms with Crippen LogP contribution in [0.15, 0.2) is 23.2 Å². The van der Waals surface area contributed by atoms with Crippen molar-refractivity contribution in [1.82, 2.24) is 4.90 Å². The Hall–Kier alpha value is -1.55. The van der Waals surface area contributed by atoms with Crippen molar-refractivity contribution >= 4 is 6.34 Å². The molecule has 1 aromatic rings. The van der Waals surface area contributed by atoms with Crippen LogP contribution in [0.1, 0.15) is 31.9 Å². The van der Waals surface area contributed by atoms with Crippen LogP contribution in [0.3, 0.4) is 0 Å². The average Bonchev–Trinajstić information content (AvgIpc) is 2.49. The molecule has 0 fully saturated rings. The topological polar surface area (TPSA) is 34.1 Å². The molecule has 22 heavy (non-hydrogen) atoms. The van der Waals surface area contributed by atoms with E-state index in [1.807, 2.05) is 12.4 Å². The summed E-state index contributed by atoms with van der Waals surface area (Å²) in [6.45, 7) is 9.08. The number of rotatable bonds is 5. The second kappa shape index (κ2) is 7.14. The highest BCUT2D eigenvalue weighted by molar-refractivity contribution is 5.57. The van der Waals surface area contributed by atoms with Crippen molar-refractivity contribution in [3.63, 3.8) is 0 Å². The minimum absolute atomic E-state index is 0.0951. The van der Waals surface area contributed by atoms with Crippen LogP contribution >= 0.6 is 0 Å². The third-order valence-corrected chi connectivity index (χ3v) is 4.21. The summed E-state index contributed by atoms with van der Waals surface area (Å²) in [5.74, 6) is 0.972. The lowest BCUT2D eigenvalue weighted by Crippen LogP contribution is -2.33. The van der Waals surface area contributed by atoms with Crippen molar-refractivity contribution in [3.8, 4) is 5.75 Å². The van der Waals surface area contributed by atoms with E-state index in [1.54, 1.807) is 14.2 Å². The maximum atomic E-state index is 5.49. The van der Waals surface area contributed by atoms with E-state index in [1.165, 1.54) is 11.1 Å². The molecule has 2 rings (SSSR count). The van der Waals surface area contributed by atoms with Gasteiger partial charge in [-0.25, -0.2) is 0 Å². The molecule has 1 atom stereocenters. The van der Waals surface area contributed by atoms with Crippen LogP contribution in [-0.2, 0) is 17.7 Å². The Balaban J connectivity index is 2.10. The highest BCUT2D eigenvalue weighted by Crippen LogP contribution is 2.28. The Morgan fingerprint density at radius 1 is 1.32 bits per heavy atom. The van der Waals surface area contributed by atoms with E-state index in [4.69, 9.17) is 14.5 Å². The quantitative estimate of drug-likeness (QED) is 0.619. The summed E-state index contributed by atoms with van der Waals surface area (Å²) < 4.78 is 10.8. The summed E-state index contributed by atoms with van der Waals surface area (Å²) in [6, 6.07) is 6.45. The van der Waals surface area contributed by atoms with Gasteiger partial charge in [0.1, 0.15) is 5.75 Å². The number of fused-ring (bicyclic) bond motifs is 1. The minimum atomic E-state index is 0.0951. The van der Waals surface area contributed by atoms with Gasteiger partial charge in [0.15, 0.2) is 0 Å². The summed E-state index contributed by atoms with van der Waals surface area (Å²) in [7, 11) is 3.47. The number of methoxy groups -OCH3 is 2. The second-order valence-electron chi connectivity index (χ2n) is 6.92. The standard InChI is InChI=1S/C18H28N2O2/c1-18(2,3)17(12-21-4)19-13-20-10-9-14-7-6-8-16(22-5)15(14)11-20/h6-8,13,17H,9-12H2,1-5H3/t17-/m1/s1. The summed E-state index contributed by atoms with van der Waals surface area (Å²) in [5.41, 5.74) is 2.76. The van der Waals surface area contributed by atoms with Crippen molar-refractivity contribution < 1.29 is 9.47 Å². The molecule has 0 unspecified atom stereocenters. The Morgan fingerprint density at radius 3 is 2.73 bits per heavy atom. The summed E-state index contributed by atoms with van der Waals surface area (Å²) in [6.07, 6.45) is 3.02. The number of hydrogen-bond acceptors (Lipinski definition) is 3. The van der Waals surface area contributed by atoms with Crippen LogP contribution in [0.2, 0.25) is 0 Å². The fourth-order valence-electron chi connectivity index (χ4n) is 2.71. The molecule has 0 spiro atoms. The molecule has 0 saturated carbocycles. The smallest absolute Gasteiger partial charge is 0.124 e. The van der Waals surface area contributed by atoms with E-state index in [9.17, 15) is 0 Å². The van der Waals surface area contributed by atoms with Gasteiger partial charge in [0.05, 0.1) is 26.1 Å². The molecule has 0 bridgehead atoms. The fraction of sp³-hybridized carbons (Fsp3) is 0.611. The lowest BCUT2D eigenvalue weighted by molar-refractivity contribution is 0.135. The Labute approximate surface area is 134 Å². The fourth-order valence-corrected chi connectivity index (χ4v) is 2.71. The first-order chi connectivity index (χ1) is 10.5. The molecular weight excluding hydrogens is 276 g/mol. The van der Waals surface area contributed by atoms with Gasteiger partial charge < -0.3 is 14.4 Å². The number of benzene rings is 1. The number of nitrogens with zero attached hydrogens (tertiary/aromatic N) is 2. The van der Waals surface area contributed by atoms with Crippen molar-refractivity contribution in [2.24, 2.45) is 10.4 Å². The maximum Gasteiger partial charge on any atom is 0.124 e. The van der Waals surface area contributed by atoms with Gasteiger partial charge in [-0.3, -0.25) is 4.99 Å². The van der Waals surface area contributed by atoms with Gasteiger partial charge in [-0.05, 0) is 23.5 Å². The Morgan fingerprint density at radius 2 is 2.09 bits per heavy atom. The van der Waals surface area contributed by atoms with Crippen LogP contribution in [-0.4, -0.2) is 44.7 Å². The van der Waals surface area contributed by atoms with Crippen LogP contribution < -0.4 is 4.74 Å². The number of ether oxygens (including phenoxy) is 2. The molecule has 4 nitrogen and oxygen atoms in total. The zero-order valence-corrected chi connectivity index (χ0v) is 14.4. The molecule has 0 amide bonds. The first kappa shape index (κ1) is 16.8. The van der Waals surface area contributed by atoms with Crippen LogP contribution in [0.5, 0.6) is 5.75 Å². The van der Waals surface area contributed by atoms with Gasteiger partial charge >= 0.3 is 0 Å². The largest absolute Gasteiger partial charge is 0.496 e. The maximum absolute atomic E-state index is 5.49. The van der Waals surface area contributed by atoms with Crippen LogP contribution in [0.25, 0.3) is 0 Å². The number of hydrogen-bond donors (Lipinski definition) is 0. The van der Waals surface area contributed by atoms with Gasteiger partial charge in [0, 0.05) is 25.8 Å². The summed E-state index contributed by atoms with van der Waals surface area (Å²) >= 11 is 0. The van der Waals surface area contributed by atoms with E-state index in [0.717, 1.165) is 25.3 Å². The summed E-state index contributed by atoms with van der Waals surface area (Å²) in [5, 5.41) is 0. The average molecular weight is 304 g/mol. The summed E-state index contributed by atoms with van der Waals surface area (Å²) in [4.78, 5) is 7.04. The van der Waals surface area contributed by atoms with Crippen molar-refractivity contribution in [1.29, 1.82) is 0 Å². The Bertz CT molecular complexity index is 506. The molecule has 1 aliphatic heterocycles. The molecule has 1 aromatic carbocycles. The monoisotopic (exact) mass is 304 g/mol. The minimum Gasteiger partial charge on any atom is -0.496 e. The van der Waals surface area contributed by atoms with Gasteiger partial charge in [0.25, 0.3) is 0 Å². The van der Waals surface area contributed by atoms with Gasteiger partial charge in [-0.15, -0.1) is 0 Å². The van der Waals surface area contributed by atoms with E-state index in [2.05, 4.69) is 37.8 Å². The normalized spacial score (nSPS) is 16.7. The third-order valence-electron chi connectivity index (χ3n) is 4.21. The molecule has 0 aliphatic carbocycles. The van der Waals surface area contributed by atoms with E-state index >= 15 is 0 Å². The lowest BCUT2D eigenvalue weighted by Gasteiger charge is -2.30. The first-order valence-corrected chi connectivity index (χ1v) is 7.86. The van der Waals surface area contributed by atoms with Crippen molar-refractivity contribution in [2.75, 3.05) is 27.4 Å². The molecule has 122 valence electrons. The van der Waals surface area contributed by atoms with E-state index in [0.29, 0.717) is 6.61 Å². The van der Waals surface area contributed by atoms with Crippen molar-refractivity contribution in [3.05, 3.63) is 29.3 Å². The molecule has 0 aromatic heterocycles. The van der Waals surface area contributed by atoms with Crippen LogP contribution in [0, 0.1) is 5.41 Å². The molecular formula is C18H28N2O2. The molecule has 0 radical (unpaired) electrons. The van der Waals surface area contributed by atoms with Gasteiger partial charge in [-0.2, -0.15) is 0 Å². The molecule has 0 N–H and O–H groups in total. The highest BCUT2D eigenvalue weighted by atomic mass is 16.5. The molecule has 1 heterocycles. The molecule has 4 heteroatoms. The predicted molar refractivity (Wildman–Crippen MR) is 90.7 cm³/mol. The zero-order chi connectivity index (χ0) is 16.2. The lowest BCUT2D eigenvalue weighted by atomic mass is 9.88. The Kier molecular flexibility index (Phi) is 5.46. The third kappa shape index (κ3) is 4.01. The van der Waals surface area contributed by atoms with Gasteiger partial charge in [-0.1, -0.05) is 32.9 Å². The number of aliphatic imine (C=N–C) groups is 1. The van der Waals surface area contributed by atoms with Gasteiger partial charge in [0.2, 0.25) is 0 Å². The molecule has 0 saturated heterocycles. The van der Waals surface area contributed by atoms with Crippen LogP contribution in [0.4, 0.5) is 0 Å². The van der Waals surface area contributed by atoms with Crippen molar-refractivity contribution in [2.45, 2.75) is 39.8 Å². The van der Waals surface area contributed by atoms with E-state index < -0.39 is 0 Å². The SMILES string of the molecule is COC[C@@H](N=CN1CCc2cccc(OC)c2C1)C(C)(C)C. The first-order valence-electron chi connectivity index (χ1n) is 7.86. The second-order valence-corrected chi connectivity index (χ2v) is 6.92. The van der Waals surface area contributed by atoms with E-state index in [-0.39, 0.29) is 11.5 Å². The molecule has 1 aliphatic rings.